The van der Waals surface area contributed by atoms with E-state index in [1.807, 2.05) is 36.4 Å². The van der Waals surface area contributed by atoms with Crippen molar-refractivity contribution in [2.45, 2.75) is 44.8 Å². The van der Waals surface area contributed by atoms with Gasteiger partial charge in [-0.3, -0.25) is 0 Å². The molecule has 0 saturated carbocycles. The van der Waals surface area contributed by atoms with Gasteiger partial charge in [0, 0.05) is 37.4 Å². The molecule has 2 aromatic carbocycles. The van der Waals surface area contributed by atoms with Crippen molar-refractivity contribution in [1.82, 2.24) is 4.90 Å². The third kappa shape index (κ3) is 6.70. The quantitative estimate of drug-likeness (QED) is 0.579. The van der Waals surface area contributed by atoms with Crippen LogP contribution >= 0.6 is 0 Å². The molecule has 1 saturated heterocycles. The minimum absolute atomic E-state index is 0.299. The maximum Gasteiger partial charge on any atom is 0.306 e. The summed E-state index contributed by atoms with van der Waals surface area (Å²) in [5.41, 5.74) is 8.46. The van der Waals surface area contributed by atoms with Crippen LogP contribution in [-0.2, 0) is 16.7 Å². The van der Waals surface area contributed by atoms with Crippen LogP contribution in [0.5, 0.6) is 5.75 Å². The first-order valence-electron chi connectivity index (χ1n) is 11.0. The van der Waals surface area contributed by atoms with Crippen LogP contribution in [0.3, 0.4) is 0 Å². The maximum absolute atomic E-state index is 11.4. The van der Waals surface area contributed by atoms with Crippen LogP contribution < -0.4 is 14.8 Å². The predicted octanol–water partition coefficient (Wildman–Crippen LogP) is 3.10. The van der Waals surface area contributed by atoms with Crippen LogP contribution in [0.25, 0.3) is 0 Å². The zero-order valence-corrected chi connectivity index (χ0v) is 19.6. The van der Waals surface area contributed by atoms with Gasteiger partial charge in [-0.1, -0.05) is 12.1 Å². The largest absolute Gasteiger partial charge is 0.383 e. The number of hydrogen-bond donors (Lipinski definition) is 1. The Bertz CT molecular complexity index is 1030. The summed E-state index contributed by atoms with van der Waals surface area (Å²) in [5.74, 6) is 0.299. The van der Waals surface area contributed by atoms with E-state index in [0.29, 0.717) is 36.5 Å². The molecule has 2 aromatic rings. The number of anilines is 1. The van der Waals surface area contributed by atoms with Crippen molar-refractivity contribution >= 4 is 15.8 Å². The van der Waals surface area contributed by atoms with Crippen molar-refractivity contribution in [3.05, 3.63) is 59.7 Å². The highest BCUT2D eigenvalue weighted by Crippen LogP contribution is 2.29. The molecule has 7 nitrogen and oxygen atoms in total. The molecule has 32 heavy (non-hydrogen) atoms. The van der Waals surface area contributed by atoms with Crippen LogP contribution in [0.4, 0.5) is 5.69 Å². The van der Waals surface area contributed by atoms with Gasteiger partial charge in [0.25, 0.3) is 0 Å². The first-order valence-corrected chi connectivity index (χ1v) is 12.8. The van der Waals surface area contributed by atoms with E-state index in [0.717, 1.165) is 49.9 Å². The standard InChI is InChI=1S/C24H32N4O3S/c1-19(10-13-25)27-14-11-23(12-15-27)28(18-21-5-3-4-20(16-21)17-26)22-6-8-24(9-7-22)31-32(2,29)30/h3-9,16,19,23H,10-15,18,25H2,1-2H3. The Kier molecular flexibility index (Phi) is 8.13. The molecule has 0 aliphatic carbocycles. The van der Waals surface area contributed by atoms with Gasteiger partial charge in [0.05, 0.1) is 17.9 Å². The van der Waals surface area contributed by atoms with Gasteiger partial charge in [-0.15, -0.1) is 0 Å². The normalized spacial score (nSPS) is 16.3. The van der Waals surface area contributed by atoms with E-state index >= 15 is 0 Å². The second-order valence-electron chi connectivity index (χ2n) is 8.41. The lowest BCUT2D eigenvalue weighted by Crippen LogP contribution is -2.47. The summed E-state index contributed by atoms with van der Waals surface area (Å²) in [6.45, 7) is 5.62. The molecule has 0 radical (unpaired) electrons. The van der Waals surface area contributed by atoms with Gasteiger partial charge < -0.3 is 19.7 Å². The number of nitrogens with zero attached hydrogens (tertiary/aromatic N) is 3. The minimum Gasteiger partial charge on any atom is -0.383 e. The number of piperidine rings is 1. The van der Waals surface area contributed by atoms with Crippen molar-refractivity contribution in [1.29, 1.82) is 5.26 Å². The third-order valence-electron chi connectivity index (χ3n) is 5.97. The molecule has 1 aliphatic heterocycles. The van der Waals surface area contributed by atoms with Crippen molar-refractivity contribution in [3.63, 3.8) is 0 Å². The highest BCUT2D eigenvalue weighted by atomic mass is 32.2. The average Bonchev–Trinajstić information content (AvgIpc) is 2.77. The SMILES string of the molecule is CC(CCN)N1CCC(N(Cc2cccc(C#N)c2)c2ccc(OS(C)(=O)=O)cc2)CC1. The Morgan fingerprint density at radius 1 is 1.22 bits per heavy atom. The summed E-state index contributed by atoms with van der Waals surface area (Å²) in [6, 6.07) is 17.9. The van der Waals surface area contributed by atoms with Gasteiger partial charge in [0.15, 0.2) is 0 Å². The molecule has 0 spiro atoms. The van der Waals surface area contributed by atoms with Crippen molar-refractivity contribution in [3.8, 4) is 11.8 Å². The lowest BCUT2D eigenvalue weighted by atomic mass is 9.99. The fourth-order valence-corrected chi connectivity index (χ4v) is 4.76. The molecule has 1 heterocycles. The van der Waals surface area contributed by atoms with E-state index in [1.165, 1.54) is 0 Å². The highest BCUT2D eigenvalue weighted by Gasteiger charge is 2.27. The molecule has 172 valence electrons. The van der Waals surface area contributed by atoms with E-state index in [4.69, 9.17) is 9.92 Å². The lowest BCUT2D eigenvalue weighted by molar-refractivity contribution is 0.154. The summed E-state index contributed by atoms with van der Waals surface area (Å²) in [5, 5.41) is 9.27. The molecule has 8 heteroatoms. The molecule has 1 fully saturated rings. The summed E-state index contributed by atoms with van der Waals surface area (Å²) < 4.78 is 27.9. The number of hydrogen-bond acceptors (Lipinski definition) is 7. The maximum atomic E-state index is 11.4. The first-order chi connectivity index (χ1) is 15.3. The minimum atomic E-state index is -3.56. The van der Waals surface area contributed by atoms with E-state index in [2.05, 4.69) is 22.8 Å². The molecule has 1 unspecified atom stereocenters. The van der Waals surface area contributed by atoms with Gasteiger partial charge in [-0.25, -0.2) is 0 Å². The van der Waals surface area contributed by atoms with Gasteiger partial charge in [0.2, 0.25) is 0 Å². The average molecular weight is 457 g/mol. The van der Waals surface area contributed by atoms with Crippen molar-refractivity contribution < 1.29 is 12.6 Å². The summed E-state index contributed by atoms with van der Waals surface area (Å²) >= 11 is 0. The molecular formula is C24H32N4O3S. The molecule has 3 rings (SSSR count). The molecular weight excluding hydrogens is 424 g/mol. The van der Waals surface area contributed by atoms with Crippen LogP contribution in [0.2, 0.25) is 0 Å². The first kappa shape index (κ1) is 24.1. The van der Waals surface area contributed by atoms with E-state index in [9.17, 15) is 13.7 Å². The van der Waals surface area contributed by atoms with Gasteiger partial charge >= 0.3 is 10.1 Å². The predicted molar refractivity (Wildman–Crippen MR) is 127 cm³/mol. The fraction of sp³-hybridized carbons (Fsp3) is 0.458. The number of nitrogens with two attached hydrogens (primary N) is 1. The van der Waals surface area contributed by atoms with E-state index in [1.54, 1.807) is 12.1 Å². The van der Waals surface area contributed by atoms with Crippen LogP contribution in [-0.4, -0.2) is 51.3 Å². The Balaban J connectivity index is 1.81. The van der Waals surface area contributed by atoms with Gasteiger partial charge in [-0.2, -0.15) is 13.7 Å². The molecule has 2 N–H and O–H groups in total. The Hall–Kier alpha value is -2.60. The Morgan fingerprint density at radius 2 is 1.91 bits per heavy atom. The molecule has 1 aliphatic rings. The molecule has 0 amide bonds. The smallest absolute Gasteiger partial charge is 0.306 e. The zero-order chi connectivity index (χ0) is 23.1. The van der Waals surface area contributed by atoms with Crippen molar-refractivity contribution in [2.24, 2.45) is 5.73 Å². The van der Waals surface area contributed by atoms with E-state index in [-0.39, 0.29) is 0 Å². The molecule has 1 atom stereocenters. The van der Waals surface area contributed by atoms with Gasteiger partial charge in [0.1, 0.15) is 5.75 Å². The number of rotatable bonds is 9. The molecule has 0 bridgehead atoms. The van der Waals surface area contributed by atoms with Crippen LogP contribution in [0.1, 0.15) is 37.3 Å². The second kappa shape index (κ2) is 10.8. The number of benzene rings is 2. The highest BCUT2D eigenvalue weighted by molar-refractivity contribution is 7.86. The summed E-state index contributed by atoms with van der Waals surface area (Å²) in [7, 11) is -3.56. The van der Waals surface area contributed by atoms with Crippen LogP contribution in [0.15, 0.2) is 48.5 Å². The van der Waals surface area contributed by atoms with E-state index < -0.39 is 10.1 Å². The Morgan fingerprint density at radius 3 is 2.50 bits per heavy atom. The number of likely N-dealkylation sites (tertiary alicyclic amines) is 1. The summed E-state index contributed by atoms with van der Waals surface area (Å²) in [6.07, 6.45) is 4.08. The molecule has 0 aromatic heterocycles. The Labute approximate surface area is 191 Å². The lowest BCUT2D eigenvalue weighted by Gasteiger charge is -2.42. The van der Waals surface area contributed by atoms with Gasteiger partial charge in [-0.05, 0) is 74.7 Å². The fourth-order valence-electron chi connectivity index (χ4n) is 4.30. The zero-order valence-electron chi connectivity index (χ0n) is 18.8. The third-order valence-corrected chi connectivity index (χ3v) is 6.47. The van der Waals surface area contributed by atoms with Crippen molar-refractivity contribution in [2.75, 3.05) is 30.8 Å². The topological polar surface area (TPSA) is 99.7 Å². The van der Waals surface area contributed by atoms with Crippen LogP contribution in [0, 0.1) is 11.3 Å². The monoisotopic (exact) mass is 456 g/mol. The second-order valence-corrected chi connectivity index (χ2v) is 9.99. The number of nitriles is 1. The summed E-state index contributed by atoms with van der Waals surface area (Å²) in [4.78, 5) is 4.85.